The molecule has 0 aromatic heterocycles. The first kappa shape index (κ1) is 11.7. The van der Waals surface area contributed by atoms with E-state index in [-0.39, 0.29) is 0 Å². The van der Waals surface area contributed by atoms with E-state index >= 15 is 0 Å². The zero-order valence-corrected chi connectivity index (χ0v) is 8.77. The number of hydrogen-bond donors (Lipinski definition) is 1. The highest BCUT2D eigenvalue weighted by atomic mass is 14.6. The Hall–Kier alpha value is -0.300. The van der Waals surface area contributed by atoms with Crippen LogP contribution in [0.15, 0.2) is 11.6 Å². The molecule has 1 atom stereocenters. The van der Waals surface area contributed by atoms with E-state index < -0.39 is 0 Å². The summed E-state index contributed by atoms with van der Waals surface area (Å²) in [6.45, 7) is 6.52. The third kappa shape index (κ3) is 6.41. The van der Waals surface area contributed by atoms with Crippen molar-refractivity contribution < 1.29 is 0 Å². The molecule has 0 spiro atoms. The van der Waals surface area contributed by atoms with E-state index in [1.54, 1.807) is 5.57 Å². The molecule has 0 saturated heterocycles. The van der Waals surface area contributed by atoms with Gasteiger partial charge in [0, 0.05) is 6.04 Å². The Morgan fingerprint density at radius 3 is 2.42 bits per heavy atom. The molecule has 0 aliphatic heterocycles. The zero-order valence-electron chi connectivity index (χ0n) is 8.77. The molecule has 72 valence electrons. The van der Waals surface area contributed by atoms with Crippen LogP contribution in [0.4, 0.5) is 0 Å². The van der Waals surface area contributed by atoms with Crippen molar-refractivity contribution in [1.82, 2.24) is 0 Å². The smallest absolute Gasteiger partial charge is 0.00476 e. The van der Waals surface area contributed by atoms with Crippen LogP contribution in [0.5, 0.6) is 0 Å². The number of allylic oxidation sites excluding steroid dienone is 1. The molecule has 1 heteroatoms. The molecule has 12 heavy (non-hydrogen) atoms. The van der Waals surface area contributed by atoms with Gasteiger partial charge in [-0.05, 0) is 26.2 Å². The lowest BCUT2D eigenvalue weighted by molar-refractivity contribution is 0.692. The molecule has 0 aromatic rings. The highest BCUT2D eigenvalue weighted by Gasteiger charge is 1.99. The SMILES string of the molecule is CCC/C=C(\CCC)C[C@@H](C)N. The maximum absolute atomic E-state index is 5.75. The summed E-state index contributed by atoms with van der Waals surface area (Å²) in [7, 11) is 0. The van der Waals surface area contributed by atoms with Crippen molar-refractivity contribution >= 4 is 0 Å². The Bertz CT molecular complexity index is 125. The van der Waals surface area contributed by atoms with E-state index in [9.17, 15) is 0 Å². The monoisotopic (exact) mass is 169 g/mol. The maximum Gasteiger partial charge on any atom is 0.00476 e. The minimum absolute atomic E-state index is 0.319. The molecule has 0 bridgehead atoms. The summed E-state index contributed by atoms with van der Waals surface area (Å²) in [6.07, 6.45) is 8.36. The van der Waals surface area contributed by atoms with Crippen molar-refractivity contribution in [2.45, 2.75) is 58.9 Å². The van der Waals surface area contributed by atoms with Crippen LogP contribution in [0, 0.1) is 0 Å². The number of unbranched alkanes of at least 4 members (excludes halogenated alkanes) is 1. The quantitative estimate of drug-likeness (QED) is 0.607. The van der Waals surface area contributed by atoms with Crippen molar-refractivity contribution in [2.24, 2.45) is 5.73 Å². The average Bonchev–Trinajstić information content (AvgIpc) is 2.00. The van der Waals surface area contributed by atoms with Gasteiger partial charge in [-0.1, -0.05) is 38.3 Å². The molecule has 0 aliphatic carbocycles. The first-order valence-corrected chi connectivity index (χ1v) is 5.14. The van der Waals surface area contributed by atoms with Crippen molar-refractivity contribution in [3.05, 3.63) is 11.6 Å². The van der Waals surface area contributed by atoms with Gasteiger partial charge in [0.15, 0.2) is 0 Å². The lowest BCUT2D eigenvalue weighted by Crippen LogP contribution is -2.15. The second-order valence-electron chi connectivity index (χ2n) is 3.58. The van der Waals surface area contributed by atoms with E-state index in [0.717, 1.165) is 6.42 Å². The van der Waals surface area contributed by atoms with Crippen LogP contribution in [0.3, 0.4) is 0 Å². The Morgan fingerprint density at radius 2 is 2.00 bits per heavy atom. The van der Waals surface area contributed by atoms with Crippen LogP contribution in [0.1, 0.15) is 52.9 Å². The molecule has 1 nitrogen and oxygen atoms in total. The van der Waals surface area contributed by atoms with Gasteiger partial charge in [0.1, 0.15) is 0 Å². The topological polar surface area (TPSA) is 26.0 Å². The first-order valence-electron chi connectivity index (χ1n) is 5.14. The summed E-state index contributed by atoms with van der Waals surface area (Å²) >= 11 is 0. The molecule has 0 aliphatic rings. The molecule has 0 amide bonds. The Morgan fingerprint density at radius 1 is 1.33 bits per heavy atom. The number of rotatable bonds is 6. The Labute approximate surface area is 77.0 Å². The summed E-state index contributed by atoms with van der Waals surface area (Å²) < 4.78 is 0. The van der Waals surface area contributed by atoms with Crippen molar-refractivity contribution in [1.29, 1.82) is 0 Å². The normalized spacial score (nSPS) is 14.8. The molecule has 2 N–H and O–H groups in total. The van der Waals surface area contributed by atoms with Gasteiger partial charge in [-0.25, -0.2) is 0 Å². The molecular weight excluding hydrogens is 146 g/mol. The lowest BCUT2D eigenvalue weighted by atomic mass is 10.0. The molecule has 0 rings (SSSR count). The summed E-state index contributed by atoms with van der Waals surface area (Å²) in [5.41, 5.74) is 7.30. The van der Waals surface area contributed by atoms with E-state index in [1.165, 1.54) is 25.7 Å². The van der Waals surface area contributed by atoms with Crippen LogP contribution in [-0.2, 0) is 0 Å². The molecule has 0 radical (unpaired) electrons. The van der Waals surface area contributed by atoms with Gasteiger partial charge in [-0.2, -0.15) is 0 Å². The predicted octanol–water partition coefficient (Wildman–Crippen LogP) is 3.25. The minimum atomic E-state index is 0.319. The van der Waals surface area contributed by atoms with Gasteiger partial charge in [-0.3, -0.25) is 0 Å². The van der Waals surface area contributed by atoms with Crippen LogP contribution in [0.2, 0.25) is 0 Å². The molecule has 0 saturated carbocycles. The van der Waals surface area contributed by atoms with Crippen LogP contribution >= 0.6 is 0 Å². The zero-order chi connectivity index (χ0) is 9.40. The fourth-order valence-electron chi connectivity index (χ4n) is 1.37. The van der Waals surface area contributed by atoms with E-state index in [0.29, 0.717) is 6.04 Å². The molecule has 0 aromatic carbocycles. The number of nitrogens with two attached hydrogens (primary N) is 1. The molecule has 0 unspecified atom stereocenters. The highest BCUT2D eigenvalue weighted by Crippen LogP contribution is 2.12. The van der Waals surface area contributed by atoms with Crippen LogP contribution in [-0.4, -0.2) is 6.04 Å². The van der Waals surface area contributed by atoms with Crippen molar-refractivity contribution in [3.63, 3.8) is 0 Å². The first-order chi connectivity index (χ1) is 5.70. The molecule has 0 fully saturated rings. The number of hydrogen-bond acceptors (Lipinski definition) is 1. The van der Waals surface area contributed by atoms with Gasteiger partial charge < -0.3 is 5.73 Å². The Kier molecular flexibility index (Phi) is 7.17. The van der Waals surface area contributed by atoms with Gasteiger partial charge in [0.2, 0.25) is 0 Å². The fourth-order valence-corrected chi connectivity index (χ4v) is 1.37. The third-order valence-corrected chi connectivity index (χ3v) is 1.88. The second kappa shape index (κ2) is 7.35. The summed E-state index contributed by atoms with van der Waals surface area (Å²) in [6, 6.07) is 0.319. The average molecular weight is 169 g/mol. The second-order valence-corrected chi connectivity index (χ2v) is 3.58. The van der Waals surface area contributed by atoms with Crippen molar-refractivity contribution in [2.75, 3.05) is 0 Å². The summed E-state index contributed by atoms with van der Waals surface area (Å²) in [5, 5.41) is 0. The van der Waals surface area contributed by atoms with Gasteiger partial charge in [-0.15, -0.1) is 0 Å². The summed E-state index contributed by atoms with van der Waals surface area (Å²) in [5.74, 6) is 0. The fraction of sp³-hybridized carbons (Fsp3) is 0.818. The molecule has 0 heterocycles. The van der Waals surface area contributed by atoms with E-state index in [4.69, 9.17) is 5.73 Å². The lowest BCUT2D eigenvalue weighted by Gasteiger charge is -2.08. The highest BCUT2D eigenvalue weighted by molar-refractivity contribution is 5.03. The maximum atomic E-state index is 5.75. The predicted molar refractivity (Wildman–Crippen MR) is 56.2 cm³/mol. The standard InChI is InChI=1S/C11H23N/c1-4-6-8-11(7-5-2)9-10(3)12/h8,10H,4-7,9,12H2,1-3H3/b11-8+/t10-/m1/s1. The van der Waals surface area contributed by atoms with Crippen LogP contribution < -0.4 is 5.73 Å². The van der Waals surface area contributed by atoms with Gasteiger partial charge in [0.25, 0.3) is 0 Å². The van der Waals surface area contributed by atoms with Crippen molar-refractivity contribution in [3.8, 4) is 0 Å². The molecular formula is C11H23N. The summed E-state index contributed by atoms with van der Waals surface area (Å²) in [4.78, 5) is 0. The largest absolute Gasteiger partial charge is 0.328 e. The Balaban J connectivity index is 3.84. The van der Waals surface area contributed by atoms with E-state index in [2.05, 4.69) is 26.8 Å². The minimum Gasteiger partial charge on any atom is -0.328 e. The third-order valence-electron chi connectivity index (χ3n) is 1.88. The van der Waals surface area contributed by atoms with Gasteiger partial charge >= 0.3 is 0 Å². The van der Waals surface area contributed by atoms with Gasteiger partial charge in [0.05, 0.1) is 0 Å². The van der Waals surface area contributed by atoms with Crippen LogP contribution in [0.25, 0.3) is 0 Å². The van der Waals surface area contributed by atoms with E-state index in [1.807, 2.05) is 0 Å².